The van der Waals surface area contributed by atoms with Gasteiger partial charge in [-0.15, -0.1) is 0 Å². The summed E-state index contributed by atoms with van der Waals surface area (Å²) in [5.41, 5.74) is 0. The number of carbonyl (C=O) groups is 1. The predicted molar refractivity (Wildman–Crippen MR) is 65.7 cm³/mol. The largest absolute Gasteiger partial charge is 0.397 e. The molecule has 0 aliphatic carbocycles. The van der Waals surface area contributed by atoms with Crippen LogP contribution in [-0.4, -0.2) is 53.6 Å². The van der Waals surface area contributed by atoms with Crippen molar-refractivity contribution < 1.29 is 18.0 Å². The van der Waals surface area contributed by atoms with E-state index in [0.717, 1.165) is 38.8 Å². The first-order chi connectivity index (χ1) is 8.92. The molecule has 0 saturated carbocycles. The van der Waals surface area contributed by atoms with Gasteiger partial charge < -0.3 is 4.90 Å². The van der Waals surface area contributed by atoms with Crippen LogP contribution in [0.25, 0.3) is 0 Å². The molecule has 2 atom stereocenters. The summed E-state index contributed by atoms with van der Waals surface area (Å²) < 4.78 is 37.0. The number of alkyl halides is 3. The molecule has 1 amide bonds. The van der Waals surface area contributed by atoms with E-state index in [1.54, 1.807) is 0 Å². The Balaban J connectivity index is 2.02. The summed E-state index contributed by atoms with van der Waals surface area (Å²) in [4.78, 5) is 15.6. The van der Waals surface area contributed by atoms with Crippen LogP contribution in [0.15, 0.2) is 0 Å². The van der Waals surface area contributed by atoms with Crippen LogP contribution < -0.4 is 0 Å². The van der Waals surface area contributed by atoms with Crippen molar-refractivity contribution >= 4 is 5.91 Å². The fraction of sp³-hybridized carbons (Fsp3) is 0.923. The standard InChI is InChI=1S/C13H21F3N2O/c1-2-17-7-3-5-10(17)11-6-4-8-18(11)12(19)9-13(14,15)16/h10-11H,2-9H2,1H3. The van der Waals surface area contributed by atoms with Crippen LogP contribution in [0.1, 0.15) is 39.0 Å². The molecule has 2 rings (SSSR count). The number of carbonyl (C=O) groups excluding carboxylic acids is 1. The van der Waals surface area contributed by atoms with E-state index in [9.17, 15) is 18.0 Å². The Bertz CT molecular complexity index is 332. The minimum atomic E-state index is -4.40. The predicted octanol–water partition coefficient (Wildman–Crippen LogP) is 2.41. The van der Waals surface area contributed by atoms with E-state index in [2.05, 4.69) is 11.8 Å². The summed E-state index contributed by atoms with van der Waals surface area (Å²) in [7, 11) is 0. The number of amides is 1. The second-order valence-corrected chi connectivity index (χ2v) is 5.43. The Labute approximate surface area is 111 Å². The maximum absolute atomic E-state index is 12.3. The summed E-state index contributed by atoms with van der Waals surface area (Å²) in [5.74, 6) is -0.752. The van der Waals surface area contributed by atoms with Crippen molar-refractivity contribution in [2.45, 2.75) is 57.3 Å². The van der Waals surface area contributed by atoms with Gasteiger partial charge in [0, 0.05) is 18.6 Å². The van der Waals surface area contributed by atoms with Gasteiger partial charge in [-0.2, -0.15) is 13.2 Å². The van der Waals surface area contributed by atoms with Gasteiger partial charge in [0.05, 0.1) is 0 Å². The van der Waals surface area contributed by atoms with E-state index in [0.29, 0.717) is 6.54 Å². The Morgan fingerprint density at radius 1 is 1.16 bits per heavy atom. The van der Waals surface area contributed by atoms with Crippen LogP contribution in [0.5, 0.6) is 0 Å². The number of likely N-dealkylation sites (tertiary alicyclic amines) is 2. The monoisotopic (exact) mass is 278 g/mol. The molecular weight excluding hydrogens is 257 g/mol. The lowest BCUT2D eigenvalue weighted by atomic mass is 10.0. The molecule has 0 spiro atoms. The lowest BCUT2D eigenvalue weighted by Gasteiger charge is -2.34. The molecule has 110 valence electrons. The van der Waals surface area contributed by atoms with Gasteiger partial charge >= 0.3 is 6.18 Å². The van der Waals surface area contributed by atoms with Gasteiger partial charge in [-0.25, -0.2) is 0 Å². The highest BCUT2D eigenvalue weighted by Gasteiger charge is 2.42. The number of likely N-dealkylation sites (N-methyl/N-ethyl adjacent to an activating group) is 1. The molecule has 0 bridgehead atoms. The van der Waals surface area contributed by atoms with E-state index >= 15 is 0 Å². The quantitative estimate of drug-likeness (QED) is 0.791. The lowest BCUT2D eigenvalue weighted by Crippen LogP contribution is -2.48. The molecule has 2 fully saturated rings. The summed E-state index contributed by atoms with van der Waals surface area (Å²) >= 11 is 0. The third kappa shape index (κ3) is 3.41. The van der Waals surface area contributed by atoms with Gasteiger partial charge in [-0.1, -0.05) is 6.92 Å². The molecule has 2 aliphatic rings. The maximum atomic E-state index is 12.3. The van der Waals surface area contributed by atoms with Gasteiger partial charge in [0.2, 0.25) is 5.91 Å². The molecule has 6 heteroatoms. The first-order valence-electron chi connectivity index (χ1n) is 7.02. The zero-order chi connectivity index (χ0) is 14.0. The minimum absolute atomic E-state index is 0.0164. The lowest BCUT2D eigenvalue weighted by molar-refractivity contribution is -0.162. The van der Waals surface area contributed by atoms with E-state index in [4.69, 9.17) is 0 Å². The van der Waals surface area contributed by atoms with Crippen LogP contribution in [0, 0.1) is 0 Å². The SMILES string of the molecule is CCN1CCCC1C1CCCN1C(=O)CC(F)(F)F. The molecular formula is C13H21F3N2O. The molecule has 2 heterocycles. The van der Waals surface area contributed by atoms with E-state index in [1.807, 2.05) is 0 Å². The average Bonchev–Trinajstić information content (AvgIpc) is 2.94. The fourth-order valence-corrected chi connectivity index (χ4v) is 3.46. The summed E-state index contributed by atoms with van der Waals surface area (Å²) in [6, 6.07) is 0.238. The van der Waals surface area contributed by atoms with Crippen molar-refractivity contribution in [3.8, 4) is 0 Å². The van der Waals surface area contributed by atoms with Crippen molar-refractivity contribution in [1.82, 2.24) is 9.80 Å². The third-order valence-electron chi connectivity index (χ3n) is 4.24. The first kappa shape index (κ1) is 14.6. The summed E-state index contributed by atoms with van der Waals surface area (Å²) in [6.07, 6.45) is -1.98. The second kappa shape index (κ2) is 5.69. The second-order valence-electron chi connectivity index (χ2n) is 5.43. The van der Waals surface area contributed by atoms with Gasteiger partial charge in [0.25, 0.3) is 0 Å². The molecule has 2 saturated heterocycles. The van der Waals surface area contributed by atoms with Crippen LogP contribution in [0.3, 0.4) is 0 Å². The third-order valence-corrected chi connectivity index (χ3v) is 4.24. The topological polar surface area (TPSA) is 23.6 Å². The van der Waals surface area contributed by atoms with Crippen molar-refractivity contribution in [1.29, 1.82) is 0 Å². The average molecular weight is 278 g/mol. The van der Waals surface area contributed by atoms with Crippen LogP contribution in [-0.2, 0) is 4.79 Å². The molecule has 3 nitrogen and oxygen atoms in total. The highest BCUT2D eigenvalue weighted by atomic mass is 19.4. The molecule has 2 unspecified atom stereocenters. The first-order valence-corrected chi connectivity index (χ1v) is 7.02. The van der Waals surface area contributed by atoms with Crippen LogP contribution in [0.2, 0.25) is 0 Å². The van der Waals surface area contributed by atoms with E-state index in [1.165, 1.54) is 4.90 Å². The van der Waals surface area contributed by atoms with Gasteiger partial charge in [0.1, 0.15) is 6.42 Å². The van der Waals surface area contributed by atoms with Crippen LogP contribution >= 0.6 is 0 Å². The Morgan fingerprint density at radius 3 is 2.42 bits per heavy atom. The Morgan fingerprint density at radius 2 is 1.79 bits per heavy atom. The minimum Gasteiger partial charge on any atom is -0.338 e. The van der Waals surface area contributed by atoms with Gasteiger partial charge in [-0.05, 0) is 38.8 Å². The normalized spacial score (nSPS) is 29.2. The van der Waals surface area contributed by atoms with Crippen molar-refractivity contribution in [2.75, 3.05) is 19.6 Å². The number of hydrogen-bond donors (Lipinski definition) is 0. The zero-order valence-electron chi connectivity index (χ0n) is 11.2. The molecule has 0 aromatic carbocycles. The number of nitrogens with zero attached hydrogens (tertiary/aromatic N) is 2. The van der Waals surface area contributed by atoms with Crippen molar-refractivity contribution in [3.63, 3.8) is 0 Å². The molecule has 0 N–H and O–H groups in total. The zero-order valence-corrected chi connectivity index (χ0v) is 11.2. The molecule has 0 aromatic rings. The number of hydrogen-bond acceptors (Lipinski definition) is 2. The summed E-state index contributed by atoms with van der Waals surface area (Å²) in [5, 5.41) is 0. The Kier molecular flexibility index (Phi) is 4.38. The van der Waals surface area contributed by atoms with Gasteiger partial charge in [0.15, 0.2) is 0 Å². The molecule has 0 radical (unpaired) electrons. The molecule has 2 aliphatic heterocycles. The fourth-order valence-electron chi connectivity index (χ4n) is 3.46. The van der Waals surface area contributed by atoms with E-state index < -0.39 is 18.5 Å². The molecule has 0 aromatic heterocycles. The highest BCUT2D eigenvalue weighted by Crippen LogP contribution is 2.31. The van der Waals surface area contributed by atoms with Gasteiger partial charge in [-0.3, -0.25) is 9.69 Å². The van der Waals surface area contributed by atoms with Crippen molar-refractivity contribution in [2.24, 2.45) is 0 Å². The smallest absolute Gasteiger partial charge is 0.338 e. The Hall–Kier alpha value is -0.780. The van der Waals surface area contributed by atoms with E-state index in [-0.39, 0.29) is 12.1 Å². The van der Waals surface area contributed by atoms with Crippen molar-refractivity contribution in [3.05, 3.63) is 0 Å². The van der Waals surface area contributed by atoms with Crippen LogP contribution in [0.4, 0.5) is 13.2 Å². The summed E-state index contributed by atoms with van der Waals surface area (Å²) in [6.45, 7) is 4.45. The highest BCUT2D eigenvalue weighted by molar-refractivity contribution is 5.77. The maximum Gasteiger partial charge on any atom is 0.397 e. The number of rotatable bonds is 3. The molecule has 19 heavy (non-hydrogen) atoms. The number of halogens is 3.